The summed E-state index contributed by atoms with van der Waals surface area (Å²) in [5.74, 6) is 12.7. The van der Waals surface area contributed by atoms with Crippen molar-refractivity contribution in [2.45, 2.75) is 38.6 Å². The molecule has 1 atom stereocenters. The minimum Gasteiger partial charge on any atom is -0.379 e. The maximum absolute atomic E-state index is 5.57. The summed E-state index contributed by atoms with van der Waals surface area (Å²) in [6.07, 6.45) is 6.38. The number of hydrogen-bond acceptors (Lipinski definition) is 4. The van der Waals surface area contributed by atoms with Crippen LogP contribution in [-0.4, -0.2) is 31.2 Å². The Balaban J connectivity index is 1.73. The van der Waals surface area contributed by atoms with Crippen molar-refractivity contribution in [2.24, 2.45) is 21.9 Å². The van der Waals surface area contributed by atoms with E-state index in [4.69, 9.17) is 10.6 Å². The van der Waals surface area contributed by atoms with Crippen molar-refractivity contribution < 1.29 is 4.74 Å². The fourth-order valence-electron chi connectivity index (χ4n) is 2.63. The molecular weight excluding hydrogens is 286 g/mol. The van der Waals surface area contributed by atoms with Crippen molar-refractivity contribution in [3.63, 3.8) is 0 Å². The van der Waals surface area contributed by atoms with E-state index >= 15 is 0 Å². The number of hydrazone groups is 1. The highest BCUT2D eigenvalue weighted by atomic mass is 16.5. The molecule has 0 radical (unpaired) electrons. The maximum Gasteiger partial charge on any atom is 0.108 e. The summed E-state index contributed by atoms with van der Waals surface area (Å²) in [5.41, 5.74) is 3.87. The lowest BCUT2D eigenvalue weighted by molar-refractivity contribution is 0.0831. The molecule has 1 aromatic rings. The third kappa shape index (κ3) is 4.43. The molecule has 2 N–H and O–H groups in total. The van der Waals surface area contributed by atoms with Crippen LogP contribution in [0.2, 0.25) is 0 Å². The molecule has 0 amide bonds. The number of aryl methyl sites for hydroxylation is 1. The molecule has 23 heavy (non-hydrogen) atoms. The Morgan fingerprint density at radius 1 is 1.35 bits per heavy atom. The highest BCUT2D eigenvalue weighted by Crippen LogP contribution is 2.27. The maximum atomic E-state index is 5.57. The molecule has 1 saturated heterocycles. The standard InChI is InChI=1S/C19H23N3O/c1-14-11-16(7-6-15-4-5-15)8-9-18(14)19(22-20)12-21-17-3-2-10-23-13-17/h8-9,11-12,15,17H,2-5,10,13,20H2,1H3/b21-12?,22-19+. The highest BCUT2D eigenvalue weighted by Gasteiger charge is 2.17. The molecule has 3 rings (SSSR count). The molecule has 1 aliphatic carbocycles. The zero-order valence-electron chi connectivity index (χ0n) is 13.6. The molecule has 1 heterocycles. The van der Waals surface area contributed by atoms with Gasteiger partial charge in [0.2, 0.25) is 0 Å². The van der Waals surface area contributed by atoms with E-state index in [0.29, 0.717) is 18.2 Å². The Kier molecular flexibility index (Phi) is 5.09. The van der Waals surface area contributed by atoms with Gasteiger partial charge in [-0.25, -0.2) is 0 Å². The van der Waals surface area contributed by atoms with Crippen LogP contribution in [0.15, 0.2) is 28.3 Å². The molecule has 0 aromatic heterocycles. The number of hydrogen-bond donors (Lipinski definition) is 1. The van der Waals surface area contributed by atoms with Crippen LogP contribution in [0.3, 0.4) is 0 Å². The van der Waals surface area contributed by atoms with E-state index in [1.54, 1.807) is 6.21 Å². The lowest BCUT2D eigenvalue weighted by Gasteiger charge is -2.18. The Bertz CT molecular complexity index is 672. The van der Waals surface area contributed by atoms with Crippen LogP contribution in [0.4, 0.5) is 0 Å². The smallest absolute Gasteiger partial charge is 0.108 e. The minimum absolute atomic E-state index is 0.212. The molecule has 4 heteroatoms. The molecular formula is C19H23N3O. The zero-order chi connectivity index (χ0) is 16.1. The Morgan fingerprint density at radius 3 is 2.87 bits per heavy atom. The summed E-state index contributed by atoms with van der Waals surface area (Å²) in [5, 5.41) is 3.91. The predicted octanol–water partition coefficient (Wildman–Crippen LogP) is 2.67. The van der Waals surface area contributed by atoms with Gasteiger partial charge in [0.25, 0.3) is 0 Å². The van der Waals surface area contributed by atoms with Crippen molar-refractivity contribution in [3.05, 3.63) is 34.9 Å². The van der Waals surface area contributed by atoms with Crippen molar-refractivity contribution in [3.8, 4) is 11.8 Å². The SMILES string of the molecule is Cc1cc(C#CC2CC2)ccc1/C(C=NC1CCCOC1)=N/N. The summed E-state index contributed by atoms with van der Waals surface area (Å²) in [4.78, 5) is 4.57. The van der Waals surface area contributed by atoms with E-state index in [1.807, 2.05) is 12.1 Å². The summed E-state index contributed by atoms with van der Waals surface area (Å²) < 4.78 is 5.44. The van der Waals surface area contributed by atoms with Crippen molar-refractivity contribution in [2.75, 3.05) is 13.2 Å². The topological polar surface area (TPSA) is 60.0 Å². The number of aliphatic imine (C=N–C) groups is 1. The van der Waals surface area contributed by atoms with Gasteiger partial charge in [-0.3, -0.25) is 4.99 Å². The fourth-order valence-corrected chi connectivity index (χ4v) is 2.63. The van der Waals surface area contributed by atoms with Crippen LogP contribution in [0, 0.1) is 24.7 Å². The molecule has 1 aromatic carbocycles. The van der Waals surface area contributed by atoms with Gasteiger partial charge in [-0.1, -0.05) is 17.9 Å². The summed E-state index contributed by atoms with van der Waals surface area (Å²) in [7, 11) is 0. The van der Waals surface area contributed by atoms with Gasteiger partial charge < -0.3 is 10.6 Å². The van der Waals surface area contributed by atoms with Gasteiger partial charge >= 0.3 is 0 Å². The Hall–Kier alpha value is -2.12. The minimum atomic E-state index is 0.212. The first-order valence-corrected chi connectivity index (χ1v) is 8.27. The third-order valence-electron chi connectivity index (χ3n) is 4.18. The molecule has 4 nitrogen and oxygen atoms in total. The van der Waals surface area contributed by atoms with Crippen LogP contribution >= 0.6 is 0 Å². The van der Waals surface area contributed by atoms with E-state index in [-0.39, 0.29) is 6.04 Å². The first-order valence-electron chi connectivity index (χ1n) is 8.27. The van der Waals surface area contributed by atoms with E-state index < -0.39 is 0 Å². The van der Waals surface area contributed by atoms with Gasteiger partial charge in [-0.05, 0) is 50.3 Å². The molecule has 1 unspecified atom stereocenters. The highest BCUT2D eigenvalue weighted by molar-refractivity contribution is 6.38. The van der Waals surface area contributed by atoms with Crippen LogP contribution in [0.25, 0.3) is 0 Å². The van der Waals surface area contributed by atoms with Crippen LogP contribution in [-0.2, 0) is 4.74 Å². The first kappa shape index (κ1) is 15.8. The lowest BCUT2D eigenvalue weighted by atomic mass is 10.0. The van der Waals surface area contributed by atoms with E-state index in [1.165, 1.54) is 12.8 Å². The Morgan fingerprint density at radius 2 is 2.22 bits per heavy atom. The number of rotatable bonds is 3. The normalized spacial score (nSPS) is 22.0. The number of nitrogens with zero attached hydrogens (tertiary/aromatic N) is 2. The zero-order valence-corrected chi connectivity index (χ0v) is 13.6. The van der Waals surface area contributed by atoms with Crippen LogP contribution < -0.4 is 5.84 Å². The van der Waals surface area contributed by atoms with Gasteiger partial charge in [0, 0.05) is 29.9 Å². The lowest BCUT2D eigenvalue weighted by Crippen LogP contribution is -2.21. The van der Waals surface area contributed by atoms with E-state index in [0.717, 1.165) is 36.1 Å². The van der Waals surface area contributed by atoms with Gasteiger partial charge in [-0.2, -0.15) is 5.10 Å². The second kappa shape index (κ2) is 7.43. The average molecular weight is 309 g/mol. The molecule has 0 bridgehead atoms. The van der Waals surface area contributed by atoms with Crippen molar-refractivity contribution >= 4 is 11.9 Å². The third-order valence-corrected chi connectivity index (χ3v) is 4.18. The quantitative estimate of drug-likeness (QED) is 0.404. The summed E-state index contributed by atoms with van der Waals surface area (Å²) in [6.45, 7) is 3.58. The largest absolute Gasteiger partial charge is 0.379 e. The molecule has 120 valence electrons. The summed E-state index contributed by atoms with van der Waals surface area (Å²) >= 11 is 0. The van der Waals surface area contributed by atoms with Gasteiger partial charge in [-0.15, -0.1) is 0 Å². The molecule has 1 saturated carbocycles. The van der Waals surface area contributed by atoms with E-state index in [2.05, 4.69) is 34.9 Å². The van der Waals surface area contributed by atoms with Gasteiger partial charge in [0.1, 0.15) is 5.71 Å². The van der Waals surface area contributed by atoms with Crippen LogP contribution in [0.5, 0.6) is 0 Å². The molecule has 0 spiro atoms. The second-order valence-corrected chi connectivity index (χ2v) is 6.24. The molecule has 2 fully saturated rings. The average Bonchev–Trinajstić information content (AvgIpc) is 3.40. The van der Waals surface area contributed by atoms with Crippen LogP contribution in [0.1, 0.15) is 42.4 Å². The van der Waals surface area contributed by atoms with Crippen molar-refractivity contribution in [1.82, 2.24) is 0 Å². The fraction of sp³-hybridized carbons (Fsp3) is 0.474. The first-order chi connectivity index (χ1) is 11.3. The number of benzene rings is 1. The number of ether oxygens (including phenoxy) is 1. The second-order valence-electron chi connectivity index (χ2n) is 6.24. The predicted molar refractivity (Wildman–Crippen MR) is 93.8 cm³/mol. The molecule has 2 aliphatic rings. The van der Waals surface area contributed by atoms with E-state index in [9.17, 15) is 0 Å². The monoisotopic (exact) mass is 309 g/mol. The van der Waals surface area contributed by atoms with Crippen molar-refractivity contribution in [1.29, 1.82) is 0 Å². The van der Waals surface area contributed by atoms with Gasteiger partial charge in [0.05, 0.1) is 12.6 Å². The summed E-state index contributed by atoms with van der Waals surface area (Å²) in [6, 6.07) is 6.36. The number of nitrogens with two attached hydrogens (primary N) is 1. The Labute approximate surface area is 137 Å². The van der Waals surface area contributed by atoms with Gasteiger partial charge in [0.15, 0.2) is 0 Å². The molecule has 1 aliphatic heterocycles.